The molecule has 194 valence electrons. The fourth-order valence-electron chi connectivity index (χ4n) is 3.82. The summed E-state index contributed by atoms with van der Waals surface area (Å²) in [6.45, 7) is 4.83. The van der Waals surface area contributed by atoms with Crippen molar-refractivity contribution in [2.75, 3.05) is 6.61 Å². The van der Waals surface area contributed by atoms with Crippen LogP contribution in [0.15, 0.2) is 53.6 Å². The number of hydrogen-bond acceptors (Lipinski definition) is 5. The molecule has 2 aromatic carbocycles. The lowest BCUT2D eigenvalue weighted by Crippen LogP contribution is -2.43. The number of halogens is 3. The molecule has 1 atom stereocenters. The van der Waals surface area contributed by atoms with Crippen LogP contribution in [-0.4, -0.2) is 37.8 Å². The molecule has 0 unspecified atom stereocenters. The first-order valence-electron chi connectivity index (χ1n) is 11.3. The van der Waals surface area contributed by atoms with Gasteiger partial charge in [-0.25, -0.2) is 8.42 Å². The number of Topliss-reactive ketones (excluding diaryl/α,β-unsaturated/α-hetero) is 1. The summed E-state index contributed by atoms with van der Waals surface area (Å²) in [7, 11) is -4.49. The monoisotopic (exact) mass is 524 g/mol. The molecular weight excluding hydrogens is 497 g/mol. The van der Waals surface area contributed by atoms with Crippen LogP contribution < -0.4 is 4.72 Å². The normalized spacial score (nSPS) is 13.2. The van der Waals surface area contributed by atoms with Crippen molar-refractivity contribution in [3.05, 3.63) is 65.4 Å². The molecule has 0 saturated carbocycles. The van der Waals surface area contributed by atoms with Gasteiger partial charge < -0.3 is 9.72 Å². The molecule has 0 aliphatic rings. The van der Waals surface area contributed by atoms with E-state index in [4.69, 9.17) is 4.74 Å². The number of H-pyrrole nitrogens is 1. The van der Waals surface area contributed by atoms with Crippen LogP contribution in [0.2, 0.25) is 0 Å². The van der Waals surface area contributed by atoms with Crippen molar-refractivity contribution in [1.29, 1.82) is 0 Å². The molecule has 0 aliphatic carbocycles. The second-order valence-electron chi connectivity index (χ2n) is 8.76. The van der Waals surface area contributed by atoms with Gasteiger partial charge in [0.1, 0.15) is 6.04 Å². The summed E-state index contributed by atoms with van der Waals surface area (Å²) in [5, 5.41) is 0.680. The minimum Gasteiger partial charge on any atom is -0.456 e. The number of aromatic nitrogens is 1. The highest BCUT2D eigenvalue weighted by atomic mass is 32.2. The molecule has 0 radical (unpaired) electrons. The number of ether oxygens (including phenoxy) is 1. The smallest absolute Gasteiger partial charge is 0.416 e. The summed E-state index contributed by atoms with van der Waals surface area (Å²) in [4.78, 5) is 27.9. The highest BCUT2D eigenvalue weighted by Crippen LogP contribution is 2.30. The molecule has 7 nitrogen and oxygen atoms in total. The summed E-state index contributed by atoms with van der Waals surface area (Å²) in [6.07, 6.45) is -2.44. The van der Waals surface area contributed by atoms with E-state index in [9.17, 15) is 31.2 Å². The second kappa shape index (κ2) is 10.8. The Hall–Kier alpha value is -3.18. The van der Waals surface area contributed by atoms with Gasteiger partial charge >= 0.3 is 12.1 Å². The standard InChI is InChI=1S/C25H27F3N2O5S/c1-4-16-7-5-10-19-20(13-29-23(16)19)22(31)14-35-24(32)21(11-15(2)3)30-36(33,34)18-9-6-8-17(12-18)25(26,27)28/h5-10,12-13,15,21,29-30H,4,11,14H2,1-3H3/t21-/m1/s1. The number of hydrogen-bond donors (Lipinski definition) is 2. The zero-order valence-corrected chi connectivity index (χ0v) is 20.8. The Morgan fingerprint density at radius 3 is 2.44 bits per heavy atom. The van der Waals surface area contributed by atoms with Crippen molar-refractivity contribution in [3.63, 3.8) is 0 Å². The zero-order chi connectivity index (χ0) is 26.7. The molecule has 36 heavy (non-hydrogen) atoms. The fraction of sp³-hybridized carbons (Fsp3) is 0.360. The molecule has 3 aromatic rings. The minimum absolute atomic E-state index is 0.0121. The number of fused-ring (bicyclic) bond motifs is 1. The van der Waals surface area contributed by atoms with Crippen molar-refractivity contribution in [2.24, 2.45) is 5.92 Å². The van der Waals surface area contributed by atoms with Gasteiger partial charge in [-0.15, -0.1) is 0 Å². The predicted molar refractivity (Wildman–Crippen MR) is 128 cm³/mol. The van der Waals surface area contributed by atoms with Crippen LogP contribution in [0.5, 0.6) is 0 Å². The maximum atomic E-state index is 13.0. The number of aromatic amines is 1. The molecule has 11 heteroatoms. The van der Waals surface area contributed by atoms with E-state index < -0.39 is 51.1 Å². The molecular formula is C25H27F3N2O5S. The molecule has 0 bridgehead atoms. The van der Waals surface area contributed by atoms with Crippen LogP contribution in [0.3, 0.4) is 0 Å². The van der Waals surface area contributed by atoms with E-state index in [0.29, 0.717) is 17.0 Å². The molecule has 0 amide bonds. The van der Waals surface area contributed by atoms with Crippen molar-refractivity contribution in [3.8, 4) is 0 Å². The Bertz CT molecular complexity index is 1360. The minimum atomic E-state index is -4.73. The molecule has 0 fully saturated rings. The van der Waals surface area contributed by atoms with Crippen molar-refractivity contribution < 1.29 is 35.9 Å². The number of para-hydroxylation sites is 1. The number of carbonyl (C=O) groups excluding carboxylic acids is 2. The Kier molecular flexibility index (Phi) is 8.25. The van der Waals surface area contributed by atoms with Crippen molar-refractivity contribution >= 4 is 32.7 Å². The molecule has 3 rings (SSSR count). The number of aryl methyl sites for hydroxylation is 1. The van der Waals surface area contributed by atoms with Gasteiger partial charge in [0.15, 0.2) is 6.61 Å². The quantitative estimate of drug-likeness (QED) is 0.291. The number of ketones is 1. The fourth-order valence-corrected chi connectivity index (χ4v) is 5.06. The first-order chi connectivity index (χ1) is 16.8. The van der Waals surface area contributed by atoms with E-state index in [1.807, 2.05) is 19.1 Å². The summed E-state index contributed by atoms with van der Waals surface area (Å²) < 4.78 is 71.9. The van der Waals surface area contributed by atoms with Gasteiger partial charge in [0, 0.05) is 22.7 Å². The maximum Gasteiger partial charge on any atom is 0.416 e. The van der Waals surface area contributed by atoms with Gasteiger partial charge in [-0.3, -0.25) is 9.59 Å². The first kappa shape index (κ1) is 27.4. The zero-order valence-electron chi connectivity index (χ0n) is 20.0. The first-order valence-corrected chi connectivity index (χ1v) is 12.8. The largest absolute Gasteiger partial charge is 0.456 e. The summed E-state index contributed by atoms with van der Waals surface area (Å²) in [6, 6.07) is 7.33. The molecule has 1 aromatic heterocycles. The number of esters is 1. The van der Waals surface area contributed by atoms with Gasteiger partial charge in [0.2, 0.25) is 15.8 Å². The van der Waals surface area contributed by atoms with Crippen LogP contribution in [0.1, 0.15) is 48.7 Å². The third-order valence-electron chi connectivity index (χ3n) is 5.59. The van der Waals surface area contributed by atoms with Crippen LogP contribution in [0.25, 0.3) is 10.9 Å². The average Bonchev–Trinajstić information content (AvgIpc) is 3.25. The highest BCUT2D eigenvalue weighted by Gasteiger charge is 2.33. The van der Waals surface area contributed by atoms with Gasteiger partial charge in [0.05, 0.1) is 10.5 Å². The Morgan fingerprint density at radius 1 is 1.11 bits per heavy atom. The molecule has 0 saturated heterocycles. The highest BCUT2D eigenvalue weighted by molar-refractivity contribution is 7.89. The number of carbonyl (C=O) groups is 2. The number of nitrogens with one attached hydrogen (secondary N) is 2. The van der Waals surface area contributed by atoms with Gasteiger partial charge in [-0.2, -0.15) is 17.9 Å². The lowest BCUT2D eigenvalue weighted by Gasteiger charge is -2.19. The van der Waals surface area contributed by atoms with E-state index in [-0.39, 0.29) is 12.3 Å². The number of alkyl halides is 3. The Morgan fingerprint density at radius 2 is 1.81 bits per heavy atom. The summed E-state index contributed by atoms with van der Waals surface area (Å²) >= 11 is 0. The van der Waals surface area contributed by atoms with Crippen molar-refractivity contribution in [1.82, 2.24) is 9.71 Å². The molecule has 0 spiro atoms. The Labute approximate surface area is 207 Å². The summed E-state index contributed by atoms with van der Waals surface area (Å²) in [5.41, 5.74) is 1.02. The third kappa shape index (κ3) is 6.33. The topological polar surface area (TPSA) is 105 Å². The predicted octanol–water partition coefficient (Wildman–Crippen LogP) is 4.87. The SMILES string of the molecule is CCc1cccc2c(C(=O)COC(=O)[C@@H](CC(C)C)NS(=O)(=O)c3cccc(C(F)(F)F)c3)c[nH]c12. The van der Waals surface area contributed by atoms with Crippen LogP contribution in [0.4, 0.5) is 13.2 Å². The lowest BCUT2D eigenvalue weighted by molar-refractivity contribution is -0.145. The van der Waals surface area contributed by atoms with Gasteiger partial charge in [-0.05, 0) is 42.5 Å². The van der Waals surface area contributed by atoms with E-state index in [0.717, 1.165) is 35.7 Å². The van der Waals surface area contributed by atoms with E-state index in [1.54, 1.807) is 19.9 Å². The summed E-state index contributed by atoms with van der Waals surface area (Å²) in [5.74, 6) is -1.64. The lowest BCUT2D eigenvalue weighted by atomic mass is 10.0. The van der Waals surface area contributed by atoms with E-state index >= 15 is 0 Å². The van der Waals surface area contributed by atoms with Crippen LogP contribution >= 0.6 is 0 Å². The number of benzene rings is 2. The van der Waals surface area contributed by atoms with E-state index in [1.165, 1.54) is 6.20 Å². The Balaban J connectivity index is 1.76. The maximum absolute atomic E-state index is 13.0. The third-order valence-corrected chi connectivity index (χ3v) is 7.06. The molecule has 2 N–H and O–H groups in total. The second-order valence-corrected chi connectivity index (χ2v) is 10.5. The van der Waals surface area contributed by atoms with Gasteiger partial charge in [0.25, 0.3) is 0 Å². The molecule has 1 heterocycles. The average molecular weight is 525 g/mol. The van der Waals surface area contributed by atoms with Crippen LogP contribution in [-0.2, 0) is 32.2 Å². The number of rotatable bonds is 10. The van der Waals surface area contributed by atoms with Crippen LogP contribution in [0, 0.1) is 5.92 Å². The number of sulfonamides is 1. The van der Waals surface area contributed by atoms with Gasteiger partial charge in [-0.1, -0.05) is 45.0 Å². The van der Waals surface area contributed by atoms with E-state index in [2.05, 4.69) is 9.71 Å². The van der Waals surface area contributed by atoms with Crippen molar-refractivity contribution in [2.45, 2.75) is 50.7 Å². The molecule has 0 aliphatic heterocycles.